The summed E-state index contributed by atoms with van der Waals surface area (Å²) < 4.78 is 53.7. The van der Waals surface area contributed by atoms with Gasteiger partial charge in [-0.25, -0.2) is 19.1 Å². The summed E-state index contributed by atoms with van der Waals surface area (Å²) in [6.45, 7) is 3.47. The SMILES string of the molecule is CCOC(=O)COc1cccc(-c2nc(OC)c(Oc3ccccc3OC)c(N(c3ccc(C)cn3)S(=O)[O-])n2)c1. The van der Waals surface area contributed by atoms with E-state index in [0.29, 0.717) is 17.1 Å². The van der Waals surface area contributed by atoms with Crippen molar-refractivity contribution in [3.8, 4) is 40.3 Å². The van der Waals surface area contributed by atoms with Gasteiger partial charge in [-0.15, -0.1) is 0 Å². The Morgan fingerprint density at radius 1 is 1.00 bits per heavy atom. The Bertz CT molecular complexity index is 1530. The number of aromatic nitrogens is 3. The summed E-state index contributed by atoms with van der Waals surface area (Å²) in [4.78, 5) is 25.1. The Morgan fingerprint density at radius 2 is 1.78 bits per heavy atom. The fourth-order valence-corrected chi connectivity index (χ4v) is 4.16. The van der Waals surface area contributed by atoms with Gasteiger partial charge in [-0.1, -0.05) is 30.3 Å². The predicted octanol–water partition coefficient (Wildman–Crippen LogP) is 4.53. The first-order chi connectivity index (χ1) is 19.8. The van der Waals surface area contributed by atoms with E-state index in [1.54, 1.807) is 61.5 Å². The molecule has 12 nitrogen and oxygen atoms in total. The molecule has 0 N–H and O–H groups in total. The number of methoxy groups -OCH3 is 2. The molecule has 4 aromatic rings. The van der Waals surface area contributed by atoms with Crippen LogP contribution in [0.5, 0.6) is 28.9 Å². The van der Waals surface area contributed by atoms with Crippen molar-refractivity contribution in [1.82, 2.24) is 15.0 Å². The van der Waals surface area contributed by atoms with E-state index in [9.17, 15) is 13.6 Å². The van der Waals surface area contributed by atoms with Crippen LogP contribution >= 0.6 is 0 Å². The maximum Gasteiger partial charge on any atom is 0.344 e. The molecular weight excluding hydrogens is 552 g/mol. The molecule has 0 aliphatic rings. The highest BCUT2D eigenvalue weighted by Gasteiger charge is 2.27. The molecule has 0 aliphatic carbocycles. The number of carbonyl (C=O) groups excluding carboxylic acids is 1. The molecule has 0 fully saturated rings. The fourth-order valence-electron chi connectivity index (χ4n) is 3.63. The first kappa shape index (κ1) is 29.2. The zero-order valence-corrected chi connectivity index (χ0v) is 23.5. The summed E-state index contributed by atoms with van der Waals surface area (Å²) in [6.07, 6.45) is 1.53. The molecule has 2 heterocycles. The summed E-state index contributed by atoms with van der Waals surface area (Å²) in [5.74, 6) is 0.320. The van der Waals surface area contributed by atoms with E-state index in [-0.39, 0.29) is 48.1 Å². The van der Waals surface area contributed by atoms with Crippen LogP contribution in [-0.4, -0.2) is 57.1 Å². The first-order valence-corrected chi connectivity index (χ1v) is 13.4. The molecule has 0 amide bonds. The minimum Gasteiger partial charge on any atom is -0.755 e. The van der Waals surface area contributed by atoms with Crippen molar-refractivity contribution in [2.75, 3.05) is 31.7 Å². The summed E-state index contributed by atoms with van der Waals surface area (Å²) in [7, 11) is 2.85. The van der Waals surface area contributed by atoms with Crippen molar-refractivity contribution in [2.45, 2.75) is 13.8 Å². The van der Waals surface area contributed by atoms with Gasteiger partial charge in [-0.05, 0) is 49.7 Å². The first-order valence-electron chi connectivity index (χ1n) is 12.3. The van der Waals surface area contributed by atoms with Crippen LogP contribution in [-0.2, 0) is 20.8 Å². The van der Waals surface area contributed by atoms with Crippen molar-refractivity contribution in [3.63, 3.8) is 0 Å². The summed E-state index contributed by atoms with van der Waals surface area (Å²) in [6, 6.07) is 16.7. The summed E-state index contributed by atoms with van der Waals surface area (Å²) in [5, 5.41) is 0. The lowest BCUT2D eigenvalue weighted by Gasteiger charge is -2.27. The Hall–Kier alpha value is -4.75. The highest BCUT2D eigenvalue weighted by atomic mass is 32.2. The number of nitrogens with zero attached hydrogens (tertiary/aromatic N) is 4. The molecule has 1 unspecified atom stereocenters. The lowest BCUT2D eigenvalue weighted by Crippen LogP contribution is -2.23. The van der Waals surface area contributed by atoms with Gasteiger partial charge in [-0.3, -0.25) is 4.21 Å². The monoisotopic (exact) mass is 579 g/mol. The van der Waals surface area contributed by atoms with Crippen LogP contribution in [0.1, 0.15) is 12.5 Å². The van der Waals surface area contributed by atoms with Crippen molar-refractivity contribution in [2.24, 2.45) is 0 Å². The van der Waals surface area contributed by atoms with Crippen LogP contribution in [0.2, 0.25) is 0 Å². The number of carbonyl (C=O) groups is 1. The van der Waals surface area contributed by atoms with Gasteiger partial charge >= 0.3 is 5.97 Å². The molecule has 0 aliphatic heterocycles. The average molecular weight is 580 g/mol. The van der Waals surface area contributed by atoms with Crippen LogP contribution in [0, 0.1) is 6.92 Å². The van der Waals surface area contributed by atoms with Gasteiger partial charge in [0.05, 0.1) is 32.1 Å². The number of rotatable bonds is 12. The van der Waals surface area contributed by atoms with E-state index < -0.39 is 17.2 Å². The van der Waals surface area contributed by atoms with Gasteiger partial charge in [0.25, 0.3) is 5.88 Å². The van der Waals surface area contributed by atoms with E-state index in [1.807, 2.05) is 6.92 Å². The molecule has 0 radical (unpaired) electrons. The normalized spacial score (nSPS) is 11.3. The average Bonchev–Trinajstić information content (AvgIpc) is 2.98. The summed E-state index contributed by atoms with van der Waals surface area (Å²) in [5.41, 5.74) is 1.28. The minimum atomic E-state index is -2.89. The lowest BCUT2D eigenvalue weighted by atomic mass is 10.2. The zero-order chi connectivity index (χ0) is 29.4. The molecule has 13 heteroatoms. The molecule has 2 aromatic heterocycles. The quantitative estimate of drug-likeness (QED) is 0.172. The molecule has 214 valence electrons. The number of pyridine rings is 1. The molecule has 0 saturated carbocycles. The van der Waals surface area contributed by atoms with Crippen LogP contribution in [0.4, 0.5) is 11.6 Å². The maximum absolute atomic E-state index is 12.7. The van der Waals surface area contributed by atoms with Crippen LogP contribution < -0.4 is 23.3 Å². The van der Waals surface area contributed by atoms with Crippen LogP contribution in [0.25, 0.3) is 11.4 Å². The number of benzene rings is 2. The molecule has 0 spiro atoms. The highest BCUT2D eigenvalue weighted by Crippen LogP contribution is 2.44. The van der Waals surface area contributed by atoms with Crippen molar-refractivity contribution < 1.29 is 37.2 Å². The Balaban J connectivity index is 1.87. The molecule has 0 saturated heterocycles. The number of para-hydroxylation sites is 2. The predicted molar refractivity (Wildman–Crippen MR) is 149 cm³/mol. The van der Waals surface area contributed by atoms with Crippen molar-refractivity contribution in [1.29, 1.82) is 0 Å². The van der Waals surface area contributed by atoms with Gasteiger partial charge in [0.2, 0.25) is 5.75 Å². The van der Waals surface area contributed by atoms with E-state index in [1.165, 1.54) is 26.5 Å². The molecule has 4 rings (SSSR count). The lowest BCUT2D eigenvalue weighted by molar-refractivity contribution is -0.145. The second-order valence-corrected chi connectivity index (χ2v) is 9.09. The van der Waals surface area contributed by atoms with E-state index in [2.05, 4.69) is 15.0 Å². The Labute approximate surface area is 239 Å². The van der Waals surface area contributed by atoms with Crippen molar-refractivity contribution in [3.05, 3.63) is 72.4 Å². The standard InChI is InChI=1S/C28H28N4O8S/c1-5-38-24(33)17-39-20-10-8-9-19(15-20)26-30-27(32(41(34)35)23-14-13-18(2)16-29-23)25(28(31-26)37-4)40-22-12-7-6-11-21(22)36-3/h6-16H,5,17H2,1-4H3,(H,34,35)/p-1. The molecule has 0 bridgehead atoms. The van der Waals surface area contributed by atoms with Gasteiger partial charge in [-0.2, -0.15) is 4.98 Å². The van der Waals surface area contributed by atoms with Gasteiger partial charge in [0, 0.05) is 11.8 Å². The number of aryl methyl sites for hydroxylation is 1. The zero-order valence-electron chi connectivity index (χ0n) is 22.7. The molecule has 1 atom stereocenters. The Morgan fingerprint density at radius 3 is 2.44 bits per heavy atom. The highest BCUT2D eigenvalue weighted by molar-refractivity contribution is 7.81. The third-order valence-corrected chi connectivity index (χ3v) is 6.15. The minimum absolute atomic E-state index is 0.0590. The van der Waals surface area contributed by atoms with E-state index in [0.717, 1.165) is 9.87 Å². The second-order valence-electron chi connectivity index (χ2n) is 8.29. The molecule has 2 aromatic carbocycles. The van der Waals surface area contributed by atoms with Crippen LogP contribution in [0.15, 0.2) is 66.9 Å². The molecular formula is C28H27N4O8S-. The third kappa shape index (κ3) is 7.07. The van der Waals surface area contributed by atoms with Crippen molar-refractivity contribution >= 4 is 28.9 Å². The number of anilines is 2. The van der Waals surface area contributed by atoms with E-state index in [4.69, 9.17) is 23.7 Å². The second kappa shape index (κ2) is 13.5. The van der Waals surface area contributed by atoms with Crippen LogP contribution in [0.3, 0.4) is 0 Å². The molecule has 41 heavy (non-hydrogen) atoms. The maximum atomic E-state index is 12.7. The summed E-state index contributed by atoms with van der Waals surface area (Å²) >= 11 is -2.89. The largest absolute Gasteiger partial charge is 0.755 e. The third-order valence-electron chi connectivity index (χ3n) is 5.49. The number of hydrogen-bond acceptors (Lipinski definition) is 11. The number of ether oxygens (including phenoxy) is 5. The van der Waals surface area contributed by atoms with E-state index >= 15 is 0 Å². The topological polar surface area (TPSA) is 145 Å². The number of hydrogen-bond donors (Lipinski definition) is 0. The van der Waals surface area contributed by atoms with Gasteiger partial charge in [0.1, 0.15) is 11.6 Å². The smallest absolute Gasteiger partial charge is 0.344 e. The van der Waals surface area contributed by atoms with Gasteiger partial charge < -0.3 is 28.2 Å². The van der Waals surface area contributed by atoms with Gasteiger partial charge in [0.15, 0.2) is 29.7 Å². The Kier molecular flexibility index (Phi) is 9.66. The number of esters is 1. The fraction of sp³-hybridized carbons (Fsp3) is 0.214.